The number of guanidine groups is 1. The number of hydrogen-bond acceptors (Lipinski definition) is 2. The largest absolute Gasteiger partial charge is 0.344 e. The molecule has 1 fully saturated rings. The second kappa shape index (κ2) is 6.41. The van der Waals surface area contributed by atoms with Crippen LogP contribution in [0.3, 0.4) is 0 Å². The molecular formula is C14H30N4. The van der Waals surface area contributed by atoms with Crippen LogP contribution in [0.2, 0.25) is 0 Å². The summed E-state index contributed by atoms with van der Waals surface area (Å²) in [5.41, 5.74) is 0.00974. The van der Waals surface area contributed by atoms with Crippen molar-refractivity contribution in [2.75, 3.05) is 47.3 Å². The Labute approximate surface area is 113 Å². The highest BCUT2D eigenvalue weighted by molar-refractivity contribution is 5.82. The van der Waals surface area contributed by atoms with E-state index in [1.54, 1.807) is 0 Å². The van der Waals surface area contributed by atoms with Crippen molar-refractivity contribution in [3.63, 3.8) is 0 Å². The Bertz CT molecular complexity index is 278. The van der Waals surface area contributed by atoms with Gasteiger partial charge in [0.15, 0.2) is 5.96 Å². The molecule has 0 aromatic heterocycles. The third-order valence-corrected chi connectivity index (χ3v) is 3.05. The number of rotatable bonds is 5. The molecule has 1 aliphatic heterocycles. The smallest absolute Gasteiger partial charge is 0.196 e. The van der Waals surface area contributed by atoms with E-state index in [1.807, 2.05) is 0 Å². The standard InChI is InChI=1S/C14H30N4/c1-14(2,3)15-13-17(6)11-12-18(13)10-8-7-9-16(4)5/h7-12H2,1-6H3. The van der Waals surface area contributed by atoms with Gasteiger partial charge in [0.05, 0.1) is 5.54 Å². The summed E-state index contributed by atoms with van der Waals surface area (Å²) in [5, 5.41) is 0. The third-order valence-electron chi connectivity index (χ3n) is 3.05. The number of unbranched alkanes of at least 4 members (excludes halogenated alkanes) is 1. The Balaban J connectivity index is 2.47. The SMILES string of the molecule is CN(C)CCCCN1CCN(C)C1=NC(C)(C)C. The van der Waals surface area contributed by atoms with E-state index < -0.39 is 0 Å². The van der Waals surface area contributed by atoms with Gasteiger partial charge >= 0.3 is 0 Å². The highest BCUT2D eigenvalue weighted by Gasteiger charge is 2.24. The van der Waals surface area contributed by atoms with E-state index in [4.69, 9.17) is 4.99 Å². The van der Waals surface area contributed by atoms with Gasteiger partial charge in [-0.3, -0.25) is 0 Å². The van der Waals surface area contributed by atoms with Crippen LogP contribution in [-0.2, 0) is 0 Å². The summed E-state index contributed by atoms with van der Waals surface area (Å²) in [7, 11) is 6.41. The molecule has 18 heavy (non-hydrogen) atoms. The maximum Gasteiger partial charge on any atom is 0.196 e. The molecule has 0 saturated carbocycles. The second-order valence-electron chi connectivity index (χ2n) is 6.50. The van der Waals surface area contributed by atoms with E-state index in [2.05, 4.69) is 56.6 Å². The number of hydrogen-bond donors (Lipinski definition) is 0. The van der Waals surface area contributed by atoms with Crippen molar-refractivity contribution in [1.29, 1.82) is 0 Å². The van der Waals surface area contributed by atoms with Crippen molar-refractivity contribution >= 4 is 5.96 Å². The Morgan fingerprint density at radius 2 is 1.83 bits per heavy atom. The van der Waals surface area contributed by atoms with Crippen LogP contribution in [0.1, 0.15) is 33.6 Å². The highest BCUT2D eigenvalue weighted by Crippen LogP contribution is 2.14. The van der Waals surface area contributed by atoms with Crippen LogP contribution >= 0.6 is 0 Å². The van der Waals surface area contributed by atoms with Gasteiger partial charge in [0.25, 0.3) is 0 Å². The fraction of sp³-hybridized carbons (Fsp3) is 0.929. The van der Waals surface area contributed by atoms with Gasteiger partial charge in [0, 0.05) is 26.7 Å². The second-order valence-corrected chi connectivity index (χ2v) is 6.50. The van der Waals surface area contributed by atoms with Crippen LogP contribution in [0.25, 0.3) is 0 Å². The molecule has 4 heteroatoms. The van der Waals surface area contributed by atoms with Gasteiger partial charge < -0.3 is 14.7 Å². The first-order valence-electron chi connectivity index (χ1n) is 7.00. The summed E-state index contributed by atoms with van der Waals surface area (Å²) < 4.78 is 0. The maximum absolute atomic E-state index is 4.84. The Hall–Kier alpha value is -0.770. The Morgan fingerprint density at radius 3 is 2.39 bits per heavy atom. The zero-order valence-electron chi connectivity index (χ0n) is 13.0. The average Bonchev–Trinajstić information content (AvgIpc) is 2.54. The van der Waals surface area contributed by atoms with E-state index in [9.17, 15) is 0 Å². The van der Waals surface area contributed by atoms with E-state index in [-0.39, 0.29) is 5.54 Å². The molecule has 0 amide bonds. The minimum absolute atomic E-state index is 0.00974. The van der Waals surface area contributed by atoms with Crippen molar-refractivity contribution in [1.82, 2.24) is 14.7 Å². The van der Waals surface area contributed by atoms with Crippen LogP contribution in [0, 0.1) is 0 Å². The first-order chi connectivity index (χ1) is 8.29. The molecule has 0 bridgehead atoms. The molecule has 4 nitrogen and oxygen atoms in total. The maximum atomic E-state index is 4.84. The quantitative estimate of drug-likeness (QED) is 0.698. The molecule has 0 N–H and O–H groups in total. The van der Waals surface area contributed by atoms with Crippen molar-refractivity contribution in [3.8, 4) is 0 Å². The van der Waals surface area contributed by atoms with Gasteiger partial charge in [0.1, 0.15) is 0 Å². The molecule has 0 radical (unpaired) electrons. The molecule has 1 aliphatic rings. The Morgan fingerprint density at radius 1 is 1.17 bits per heavy atom. The van der Waals surface area contributed by atoms with Gasteiger partial charge in [-0.25, -0.2) is 4.99 Å². The summed E-state index contributed by atoms with van der Waals surface area (Å²) in [4.78, 5) is 11.8. The molecule has 0 aromatic rings. The van der Waals surface area contributed by atoms with Crippen LogP contribution in [-0.4, -0.2) is 73.5 Å². The third kappa shape index (κ3) is 5.25. The van der Waals surface area contributed by atoms with E-state index in [0.29, 0.717) is 0 Å². The first-order valence-corrected chi connectivity index (χ1v) is 7.00. The molecular weight excluding hydrogens is 224 g/mol. The average molecular weight is 254 g/mol. The molecule has 1 saturated heterocycles. The van der Waals surface area contributed by atoms with Gasteiger partial charge in [-0.15, -0.1) is 0 Å². The summed E-state index contributed by atoms with van der Waals surface area (Å²) in [6.45, 7) is 11.0. The highest BCUT2D eigenvalue weighted by atomic mass is 15.4. The van der Waals surface area contributed by atoms with Crippen LogP contribution in [0.15, 0.2) is 4.99 Å². The summed E-state index contributed by atoms with van der Waals surface area (Å²) in [6.07, 6.45) is 2.51. The summed E-state index contributed by atoms with van der Waals surface area (Å²) >= 11 is 0. The minimum atomic E-state index is 0.00974. The van der Waals surface area contributed by atoms with Crippen LogP contribution < -0.4 is 0 Å². The molecule has 0 spiro atoms. The minimum Gasteiger partial charge on any atom is -0.344 e. The van der Waals surface area contributed by atoms with Gasteiger partial charge in [-0.1, -0.05) is 0 Å². The van der Waals surface area contributed by atoms with Crippen molar-refractivity contribution < 1.29 is 0 Å². The molecule has 0 aliphatic carbocycles. The molecule has 0 atom stereocenters. The first kappa shape index (κ1) is 15.3. The zero-order valence-corrected chi connectivity index (χ0v) is 13.0. The summed E-state index contributed by atoms with van der Waals surface area (Å²) in [6, 6.07) is 0. The predicted octanol–water partition coefficient (Wildman–Crippen LogP) is 1.73. The molecule has 0 unspecified atom stereocenters. The molecule has 0 aromatic carbocycles. The number of aliphatic imine (C=N–C) groups is 1. The lowest BCUT2D eigenvalue weighted by Crippen LogP contribution is -2.35. The normalized spacial score (nSPS) is 19.4. The predicted molar refractivity (Wildman–Crippen MR) is 79.2 cm³/mol. The van der Waals surface area contributed by atoms with Gasteiger partial charge in [0.2, 0.25) is 0 Å². The monoisotopic (exact) mass is 254 g/mol. The molecule has 1 heterocycles. The number of nitrogens with zero attached hydrogens (tertiary/aromatic N) is 4. The zero-order chi connectivity index (χ0) is 13.8. The lowest BCUT2D eigenvalue weighted by atomic mass is 10.1. The van der Waals surface area contributed by atoms with E-state index in [1.165, 1.54) is 25.3 Å². The van der Waals surface area contributed by atoms with E-state index in [0.717, 1.165) is 19.6 Å². The van der Waals surface area contributed by atoms with E-state index >= 15 is 0 Å². The lowest BCUT2D eigenvalue weighted by molar-refractivity contribution is 0.369. The summed E-state index contributed by atoms with van der Waals surface area (Å²) in [5.74, 6) is 1.17. The van der Waals surface area contributed by atoms with Crippen molar-refractivity contribution in [3.05, 3.63) is 0 Å². The number of likely N-dealkylation sites (N-methyl/N-ethyl adjacent to an activating group) is 1. The fourth-order valence-electron chi connectivity index (χ4n) is 2.11. The lowest BCUT2D eigenvalue weighted by Gasteiger charge is -2.24. The molecule has 106 valence electrons. The van der Waals surface area contributed by atoms with Gasteiger partial charge in [-0.05, 0) is 54.3 Å². The van der Waals surface area contributed by atoms with Crippen molar-refractivity contribution in [2.45, 2.75) is 39.2 Å². The van der Waals surface area contributed by atoms with Crippen molar-refractivity contribution in [2.24, 2.45) is 4.99 Å². The fourth-order valence-corrected chi connectivity index (χ4v) is 2.11. The van der Waals surface area contributed by atoms with Gasteiger partial charge in [-0.2, -0.15) is 0 Å². The Kier molecular flexibility index (Phi) is 5.45. The van der Waals surface area contributed by atoms with Crippen LogP contribution in [0.5, 0.6) is 0 Å². The topological polar surface area (TPSA) is 22.1 Å². The molecule has 1 rings (SSSR count). The van der Waals surface area contributed by atoms with Crippen LogP contribution in [0.4, 0.5) is 0 Å².